The molecule has 0 saturated carbocycles. The van der Waals surface area contributed by atoms with Gasteiger partial charge in [-0.3, -0.25) is 0 Å². The Morgan fingerprint density at radius 2 is 1.85 bits per heavy atom. The quantitative estimate of drug-likeness (QED) is 0.888. The molecule has 20 heavy (non-hydrogen) atoms. The molecule has 0 atom stereocenters. The van der Waals surface area contributed by atoms with Gasteiger partial charge in [-0.1, -0.05) is 41.9 Å². The normalized spacial score (nSPS) is 10.6. The minimum absolute atomic E-state index is 0.624. The highest BCUT2D eigenvalue weighted by Crippen LogP contribution is 2.36. The van der Waals surface area contributed by atoms with Gasteiger partial charge in [0.05, 0.1) is 10.7 Å². The van der Waals surface area contributed by atoms with E-state index in [2.05, 4.69) is 49.1 Å². The number of rotatable bonds is 5. The molecule has 0 aliphatic rings. The van der Waals surface area contributed by atoms with Gasteiger partial charge in [-0.25, -0.2) is 0 Å². The zero-order valence-corrected chi connectivity index (χ0v) is 12.8. The van der Waals surface area contributed by atoms with Crippen LogP contribution in [-0.2, 0) is 6.42 Å². The van der Waals surface area contributed by atoms with Crippen molar-refractivity contribution in [1.82, 2.24) is 0 Å². The van der Waals surface area contributed by atoms with Crippen molar-refractivity contribution in [3.63, 3.8) is 0 Å². The molecule has 3 heteroatoms. The van der Waals surface area contributed by atoms with E-state index < -0.39 is 0 Å². The number of nitrogens with zero attached hydrogens (tertiary/aromatic N) is 1. The summed E-state index contributed by atoms with van der Waals surface area (Å²) in [5, 5.41) is 0.779. The second-order valence-corrected chi connectivity index (χ2v) is 5.22. The maximum atomic E-state index is 6.46. The Kier molecular flexibility index (Phi) is 5.05. The van der Waals surface area contributed by atoms with Crippen LogP contribution in [0.3, 0.4) is 0 Å². The van der Waals surface area contributed by atoms with Gasteiger partial charge in [0.15, 0.2) is 0 Å². The first-order valence-electron chi connectivity index (χ1n) is 6.99. The Hall–Kier alpha value is -1.51. The number of aryl methyl sites for hydroxylation is 1. The number of nitrogens with two attached hydrogens (primary N) is 1. The van der Waals surface area contributed by atoms with Crippen molar-refractivity contribution in [2.24, 2.45) is 5.73 Å². The van der Waals surface area contributed by atoms with Gasteiger partial charge in [-0.15, -0.1) is 0 Å². The zero-order chi connectivity index (χ0) is 14.5. The van der Waals surface area contributed by atoms with Crippen molar-refractivity contribution in [2.75, 3.05) is 18.0 Å². The molecular weight excluding hydrogens is 268 g/mol. The van der Waals surface area contributed by atoms with Crippen LogP contribution in [0.25, 0.3) is 0 Å². The molecule has 0 aliphatic heterocycles. The highest BCUT2D eigenvalue weighted by Gasteiger charge is 2.16. The molecule has 0 aromatic heterocycles. The number of para-hydroxylation sites is 2. The van der Waals surface area contributed by atoms with Crippen molar-refractivity contribution in [3.8, 4) is 0 Å². The number of benzene rings is 2. The van der Waals surface area contributed by atoms with Crippen LogP contribution in [0, 0.1) is 6.92 Å². The summed E-state index contributed by atoms with van der Waals surface area (Å²) in [6.07, 6.45) is 0.832. The lowest BCUT2D eigenvalue weighted by atomic mass is 10.1. The van der Waals surface area contributed by atoms with E-state index in [-0.39, 0.29) is 0 Å². The lowest BCUT2D eigenvalue weighted by molar-refractivity contribution is 0.940. The Labute approximate surface area is 126 Å². The molecule has 0 unspecified atom stereocenters. The molecule has 0 amide bonds. The van der Waals surface area contributed by atoms with Crippen LogP contribution in [0.2, 0.25) is 5.02 Å². The summed E-state index contributed by atoms with van der Waals surface area (Å²) >= 11 is 6.46. The molecule has 0 radical (unpaired) electrons. The second-order valence-electron chi connectivity index (χ2n) is 4.82. The van der Waals surface area contributed by atoms with E-state index in [9.17, 15) is 0 Å². The summed E-state index contributed by atoms with van der Waals surface area (Å²) in [6, 6.07) is 14.4. The molecule has 2 aromatic carbocycles. The minimum atomic E-state index is 0.624. The van der Waals surface area contributed by atoms with E-state index in [4.69, 9.17) is 17.3 Å². The SMILES string of the molecule is CCN(c1ccccc1C)c1c(Cl)cccc1CCN. The molecule has 0 spiro atoms. The van der Waals surface area contributed by atoms with Crippen LogP contribution in [0.4, 0.5) is 11.4 Å². The Bertz CT molecular complexity index is 581. The van der Waals surface area contributed by atoms with Gasteiger partial charge >= 0.3 is 0 Å². The molecule has 2 aromatic rings. The van der Waals surface area contributed by atoms with Gasteiger partial charge in [0.25, 0.3) is 0 Å². The van der Waals surface area contributed by atoms with Gasteiger partial charge in [0.1, 0.15) is 0 Å². The van der Waals surface area contributed by atoms with Crippen LogP contribution in [0.1, 0.15) is 18.1 Å². The maximum absolute atomic E-state index is 6.46. The maximum Gasteiger partial charge on any atom is 0.0645 e. The fraction of sp³-hybridized carbons (Fsp3) is 0.294. The predicted molar refractivity (Wildman–Crippen MR) is 88.1 cm³/mol. The second kappa shape index (κ2) is 6.78. The van der Waals surface area contributed by atoms with E-state index >= 15 is 0 Å². The Balaban J connectivity index is 2.55. The fourth-order valence-electron chi connectivity index (χ4n) is 2.53. The predicted octanol–water partition coefficient (Wildman–Crippen LogP) is 4.31. The Morgan fingerprint density at radius 3 is 2.50 bits per heavy atom. The lowest BCUT2D eigenvalue weighted by Crippen LogP contribution is -2.20. The van der Waals surface area contributed by atoms with Crippen molar-refractivity contribution >= 4 is 23.0 Å². The zero-order valence-electron chi connectivity index (χ0n) is 12.1. The van der Waals surface area contributed by atoms with Crippen LogP contribution in [-0.4, -0.2) is 13.1 Å². The third-order valence-corrected chi connectivity index (χ3v) is 3.78. The molecular formula is C17H21ClN2. The first-order chi connectivity index (χ1) is 9.69. The summed E-state index contributed by atoms with van der Waals surface area (Å²) in [7, 11) is 0. The monoisotopic (exact) mass is 288 g/mol. The van der Waals surface area contributed by atoms with Gasteiger partial charge < -0.3 is 10.6 Å². The highest BCUT2D eigenvalue weighted by molar-refractivity contribution is 6.33. The van der Waals surface area contributed by atoms with E-state index in [0.29, 0.717) is 6.54 Å². The van der Waals surface area contributed by atoms with E-state index in [0.717, 1.165) is 23.7 Å². The molecule has 0 saturated heterocycles. The minimum Gasteiger partial charge on any atom is -0.340 e. The molecule has 106 valence electrons. The first kappa shape index (κ1) is 14.9. The molecule has 0 heterocycles. The summed E-state index contributed by atoms with van der Waals surface area (Å²) in [6.45, 7) is 5.75. The first-order valence-corrected chi connectivity index (χ1v) is 7.37. The topological polar surface area (TPSA) is 29.3 Å². The molecule has 0 aliphatic carbocycles. The molecule has 0 bridgehead atoms. The van der Waals surface area contributed by atoms with Crippen LogP contribution in [0.5, 0.6) is 0 Å². The van der Waals surface area contributed by atoms with E-state index in [1.165, 1.54) is 16.8 Å². The third kappa shape index (κ3) is 2.97. The Morgan fingerprint density at radius 1 is 1.10 bits per heavy atom. The molecule has 2 nitrogen and oxygen atoms in total. The number of hydrogen-bond donors (Lipinski definition) is 1. The van der Waals surface area contributed by atoms with Gasteiger partial charge in [-0.05, 0) is 50.1 Å². The van der Waals surface area contributed by atoms with Gasteiger partial charge in [0.2, 0.25) is 0 Å². The lowest BCUT2D eigenvalue weighted by Gasteiger charge is -2.28. The van der Waals surface area contributed by atoms with Crippen molar-refractivity contribution in [2.45, 2.75) is 20.3 Å². The van der Waals surface area contributed by atoms with Crippen LogP contribution < -0.4 is 10.6 Å². The largest absolute Gasteiger partial charge is 0.340 e. The average molecular weight is 289 g/mol. The number of hydrogen-bond acceptors (Lipinski definition) is 2. The summed E-state index contributed by atoms with van der Waals surface area (Å²) in [5.41, 5.74) is 10.4. The smallest absolute Gasteiger partial charge is 0.0645 e. The molecule has 2 N–H and O–H groups in total. The fourth-order valence-corrected chi connectivity index (χ4v) is 2.83. The van der Waals surface area contributed by atoms with Crippen LogP contribution >= 0.6 is 11.6 Å². The van der Waals surface area contributed by atoms with E-state index in [1.54, 1.807) is 0 Å². The summed E-state index contributed by atoms with van der Waals surface area (Å²) in [5.74, 6) is 0. The van der Waals surface area contributed by atoms with Crippen molar-refractivity contribution < 1.29 is 0 Å². The summed E-state index contributed by atoms with van der Waals surface area (Å²) in [4.78, 5) is 2.27. The van der Waals surface area contributed by atoms with Gasteiger partial charge in [0, 0.05) is 12.2 Å². The van der Waals surface area contributed by atoms with Gasteiger partial charge in [-0.2, -0.15) is 0 Å². The van der Waals surface area contributed by atoms with Crippen molar-refractivity contribution in [1.29, 1.82) is 0 Å². The standard InChI is InChI=1S/C17H21ClN2/c1-3-20(16-10-5-4-7-13(16)2)17-14(11-12-19)8-6-9-15(17)18/h4-10H,3,11-12,19H2,1-2H3. The molecule has 0 fully saturated rings. The number of halogens is 1. The number of anilines is 2. The van der Waals surface area contributed by atoms with Crippen LogP contribution in [0.15, 0.2) is 42.5 Å². The molecule has 2 rings (SSSR count). The van der Waals surface area contributed by atoms with Crippen molar-refractivity contribution in [3.05, 3.63) is 58.6 Å². The highest BCUT2D eigenvalue weighted by atomic mass is 35.5. The third-order valence-electron chi connectivity index (χ3n) is 3.48. The summed E-state index contributed by atoms with van der Waals surface area (Å²) < 4.78 is 0. The van der Waals surface area contributed by atoms with E-state index in [1.807, 2.05) is 12.1 Å². The average Bonchev–Trinajstić information content (AvgIpc) is 2.44.